The summed E-state index contributed by atoms with van der Waals surface area (Å²) in [6, 6.07) is 0.394. The molecule has 0 bridgehead atoms. The molecule has 1 unspecified atom stereocenters. The summed E-state index contributed by atoms with van der Waals surface area (Å²) in [7, 11) is 2.07. The normalized spacial score (nSPS) is 19.2. The van der Waals surface area contributed by atoms with Crippen molar-refractivity contribution in [2.24, 2.45) is 0 Å². The molecular formula is C30H41ClN4OS. The maximum atomic E-state index is 11.5. The lowest BCUT2D eigenvalue weighted by Gasteiger charge is -2.31. The van der Waals surface area contributed by atoms with Crippen LogP contribution in [-0.4, -0.2) is 71.8 Å². The molecule has 5 nitrogen and oxygen atoms in total. The zero-order valence-corrected chi connectivity index (χ0v) is 24.2. The molecule has 1 fully saturated rings. The summed E-state index contributed by atoms with van der Waals surface area (Å²) >= 11 is 7.33. The van der Waals surface area contributed by atoms with Crippen LogP contribution in [0.2, 0.25) is 0 Å². The number of likely N-dealkylation sites (N-methyl/N-ethyl adjacent to an activating group) is 1. The number of hydrogen-bond donors (Lipinski definition) is 0. The number of aldehydes is 1. The second-order valence-corrected chi connectivity index (χ2v) is 11.3. The molecule has 37 heavy (non-hydrogen) atoms. The molecular weight excluding hydrogens is 500 g/mol. The summed E-state index contributed by atoms with van der Waals surface area (Å²) < 4.78 is 0. The third-order valence-electron chi connectivity index (χ3n) is 7.30. The third kappa shape index (κ3) is 8.29. The van der Waals surface area contributed by atoms with Crippen LogP contribution in [0, 0.1) is 0 Å². The lowest BCUT2D eigenvalue weighted by Crippen LogP contribution is -2.37. The zero-order valence-electron chi connectivity index (χ0n) is 22.6. The summed E-state index contributed by atoms with van der Waals surface area (Å²) in [4.78, 5) is 24.2. The van der Waals surface area contributed by atoms with Crippen LogP contribution in [0.15, 0.2) is 65.5 Å². The first-order valence-corrected chi connectivity index (χ1v) is 14.4. The zero-order chi connectivity index (χ0) is 26.8. The highest BCUT2D eigenvalue weighted by molar-refractivity contribution is 7.14. The molecule has 1 aromatic rings. The maximum absolute atomic E-state index is 11.5. The van der Waals surface area contributed by atoms with Gasteiger partial charge in [-0.25, -0.2) is 4.98 Å². The standard InChI is InChI=1S/C30H41ClN4OS/c1-6-26(31)12-11-14-30-32-27(29(22-36)37-30)15-19-33(5)16-8-7-13-28-24(3)23(2)25(4)35(28)21-20-34-17-9-10-18-34/h6,8,11-12,14,16,22,28H,1,3,7,9-10,13,15,17-21H2,2,4-5H3/b14-11+,16-8+,26-12+. The smallest absolute Gasteiger partial charge is 0.161 e. The molecule has 2 aliphatic rings. The molecule has 0 saturated carbocycles. The van der Waals surface area contributed by atoms with Gasteiger partial charge in [-0.2, -0.15) is 0 Å². The highest BCUT2D eigenvalue weighted by atomic mass is 35.5. The number of aromatic nitrogens is 1. The molecule has 1 saturated heterocycles. The molecule has 200 valence electrons. The molecule has 1 aromatic heterocycles. The second-order valence-electron chi connectivity index (χ2n) is 9.78. The van der Waals surface area contributed by atoms with Crippen LogP contribution >= 0.6 is 22.9 Å². The van der Waals surface area contributed by atoms with Gasteiger partial charge in [0.25, 0.3) is 0 Å². The average Bonchev–Trinajstić information content (AvgIpc) is 3.60. The van der Waals surface area contributed by atoms with E-state index in [1.54, 1.807) is 12.2 Å². The first-order valence-electron chi connectivity index (χ1n) is 13.2. The minimum atomic E-state index is 0.394. The molecule has 2 aliphatic heterocycles. The first-order chi connectivity index (χ1) is 17.8. The van der Waals surface area contributed by atoms with E-state index in [4.69, 9.17) is 11.6 Å². The van der Waals surface area contributed by atoms with E-state index < -0.39 is 0 Å². The summed E-state index contributed by atoms with van der Waals surface area (Å²) in [5.74, 6) is 0. The van der Waals surface area contributed by atoms with Crippen LogP contribution < -0.4 is 0 Å². The Kier molecular flexibility index (Phi) is 11.4. The van der Waals surface area contributed by atoms with Gasteiger partial charge in [0.1, 0.15) is 5.01 Å². The van der Waals surface area contributed by atoms with Gasteiger partial charge in [0.05, 0.1) is 16.6 Å². The van der Waals surface area contributed by atoms with Crippen molar-refractivity contribution < 1.29 is 4.79 Å². The van der Waals surface area contributed by atoms with Gasteiger partial charge in [-0.1, -0.05) is 43.0 Å². The lowest BCUT2D eigenvalue weighted by atomic mass is 10.0. The van der Waals surface area contributed by atoms with Gasteiger partial charge >= 0.3 is 0 Å². The Labute approximate surface area is 232 Å². The molecule has 7 heteroatoms. The Morgan fingerprint density at radius 1 is 1.27 bits per heavy atom. The predicted molar refractivity (Wildman–Crippen MR) is 159 cm³/mol. The van der Waals surface area contributed by atoms with Crippen molar-refractivity contribution in [3.8, 4) is 0 Å². The van der Waals surface area contributed by atoms with E-state index in [9.17, 15) is 4.79 Å². The second kappa shape index (κ2) is 14.5. The van der Waals surface area contributed by atoms with Crippen LogP contribution in [0.5, 0.6) is 0 Å². The number of hydrogen-bond acceptors (Lipinski definition) is 6. The van der Waals surface area contributed by atoms with Crippen LogP contribution in [0.25, 0.3) is 6.08 Å². The van der Waals surface area contributed by atoms with E-state index in [0.29, 0.717) is 22.4 Å². The molecule has 3 rings (SSSR count). The van der Waals surface area contributed by atoms with Crippen LogP contribution in [-0.2, 0) is 6.42 Å². The number of allylic oxidation sites excluding steroid dienone is 6. The highest BCUT2D eigenvalue weighted by Crippen LogP contribution is 2.34. The molecule has 0 aromatic carbocycles. The van der Waals surface area contributed by atoms with Gasteiger partial charge in [-0.15, -0.1) is 11.3 Å². The van der Waals surface area contributed by atoms with E-state index in [-0.39, 0.29) is 0 Å². The van der Waals surface area contributed by atoms with Gasteiger partial charge in [-0.05, 0) is 82.1 Å². The SMILES string of the molecule is C=C/C(Cl)=C\C=C\c1nc(CCN(C)/C=C/CCC2C(=C)C(C)=C(C)N2CCN2CCCC2)c(C=O)s1. The van der Waals surface area contributed by atoms with Gasteiger partial charge in [0.2, 0.25) is 0 Å². The highest BCUT2D eigenvalue weighted by Gasteiger charge is 2.30. The number of halogens is 1. The predicted octanol–water partition coefficient (Wildman–Crippen LogP) is 6.68. The topological polar surface area (TPSA) is 39.7 Å². The third-order valence-corrected chi connectivity index (χ3v) is 8.57. The van der Waals surface area contributed by atoms with E-state index in [1.165, 1.54) is 54.1 Å². The van der Waals surface area contributed by atoms with E-state index >= 15 is 0 Å². The van der Waals surface area contributed by atoms with E-state index in [1.807, 2.05) is 12.2 Å². The number of rotatable bonds is 14. The maximum Gasteiger partial charge on any atom is 0.161 e. The fraction of sp³-hybridized carbons (Fsp3) is 0.467. The Bertz CT molecular complexity index is 1080. The van der Waals surface area contributed by atoms with Gasteiger partial charge in [-0.3, -0.25) is 4.79 Å². The molecule has 0 N–H and O–H groups in total. The summed E-state index contributed by atoms with van der Waals surface area (Å²) in [5, 5.41) is 1.36. The minimum Gasteiger partial charge on any atom is -0.380 e. The van der Waals surface area contributed by atoms with Gasteiger partial charge in [0.15, 0.2) is 6.29 Å². The molecule has 0 radical (unpaired) electrons. The summed E-state index contributed by atoms with van der Waals surface area (Å²) in [6.45, 7) is 18.0. The van der Waals surface area contributed by atoms with Crippen molar-refractivity contribution in [1.29, 1.82) is 0 Å². The molecule has 3 heterocycles. The Morgan fingerprint density at radius 2 is 2.03 bits per heavy atom. The summed E-state index contributed by atoms with van der Waals surface area (Å²) in [6.07, 6.45) is 17.8. The number of likely N-dealkylation sites (tertiary alicyclic amines) is 1. The van der Waals surface area contributed by atoms with Crippen LogP contribution in [0.3, 0.4) is 0 Å². The number of nitrogens with zero attached hydrogens (tertiary/aromatic N) is 4. The molecule has 0 amide bonds. The Balaban J connectivity index is 1.47. The van der Waals surface area contributed by atoms with Crippen molar-refractivity contribution in [1.82, 2.24) is 19.7 Å². The average molecular weight is 541 g/mol. The van der Waals surface area contributed by atoms with E-state index in [2.05, 4.69) is 66.0 Å². The van der Waals surface area contributed by atoms with Crippen molar-refractivity contribution in [2.45, 2.75) is 52.0 Å². The van der Waals surface area contributed by atoms with E-state index in [0.717, 1.165) is 49.5 Å². The van der Waals surface area contributed by atoms with Crippen molar-refractivity contribution in [2.75, 3.05) is 39.8 Å². The quantitative estimate of drug-likeness (QED) is 0.194. The van der Waals surface area contributed by atoms with Crippen molar-refractivity contribution >= 4 is 35.3 Å². The fourth-order valence-corrected chi connectivity index (χ4v) is 5.82. The number of thiazole rings is 1. The molecule has 1 atom stereocenters. The fourth-order valence-electron chi connectivity index (χ4n) is 4.91. The van der Waals surface area contributed by atoms with Crippen LogP contribution in [0.4, 0.5) is 0 Å². The minimum absolute atomic E-state index is 0.394. The summed E-state index contributed by atoms with van der Waals surface area (Å²) in [5.41, 5.74) is 4.86. The van der Waals surface area contributed by atoms with Crippen LogP contribution in [0.1, 0.15) is 59.9 Å². The van der Waals surface area contributed by atoms with Crippen molar-refractivity contribution in [3.63, 3.8) is 0 Å². The molecule has 0 spiro atoms. The first kappa shape index (κ1) is 29.2. The van der Waals surface area contributed by atoms with Crippen molar-refractivity contribution in [3.05, 3.63) is 81.1 Å². The van der Waals surface area contributed by atoms with Gasteiger partial charge in [0, 0.05) is 43.8 Å². The van der Waals surface area contributed by atoms with Gasteiger partial charge < -0.3 is 14.7 Å². The monoisotopic (exact) mass is 540 g/mol. The lowest BCUT2D eigenvalue weighted by molar-refractivity contribution is 0.112. The largest absolute Gasteiger partial charge is 0.380 e. The number of carbonyl (C=O) groups is 1. The Morgan fingerprint density at radius 3 is 2.73 bits per heavy atom. The Hall–Kier alpha value is -2.41. The number of carbonyl (C=O) groups excluding carboxylic acids is 1. The molecule has 0 aliphatic carbocycles.